The van der Waals surface area contributed by atoms with Crippen molar-refractivity contribution in [1.29, 1.82) is 0 Å². The maximum absolute atomic E-state index is 14.0. The number of alkyl halides is 3. The van der Waals surface area contributed by atoms with Crippen LogP contribution in [0.4, 0.5) is 18.9 Å². The minimum absolute atomic E-state index is 0.0221. The molecule has 5 rings (SSSR count). The molecule has 0 bridgehead atoms. The number of benzene rings is 4. The summed E-state index contributed by atoms with van der Waals surface area (Å²) < 4.78 is 42.6. The van der Waals surface area contributed by atoms with Crippen molar-refractivity contribution in [1.82, 2.24) is 19.8 Å². The van der Waals surface area contributed by atoms with E-state index in [2.05, 4.69) is 10.3 Å². The molecule has 0 spiro atoms. The fourth-order valence-corrected chi connectivity index (χ4v) is 5.74. The van der Waals surface area contributed by atoms with Crippen LogP contribution in [0.2, 0.25) is 0 Å². The van der Waals surface area contributed by atoms with Gasteiger partial charge in [0.05, 0.1) is 23.2 Å². The van der Waals surface area contributed by atoms with Crippen LogP contribution in [0.3, 0.4) is 0 Å². The Morgan fingerprint density at radius 3 is 2.43 bits per heavy atom. The number of nitro benzene ring substituents is 1. The third-order valence-corrected chi connectivity index (χ3v) is 8.70. The number of rotatable bonds is 13. The number of halogens is 3. The second-order valence-corrected chi connectivity index (χ2v) is 12.1. The van der Waals surface area contributed by atoms with E-state index >= 15 is 0 Å². The predicted octanol–water partition coefficient (Wildman–Crippen LogP) is 7.43. The molecule has 5 aromatic rings. The van der Waals surface area contributed by atoms with Crippen molar-refractivity contribution in [2.24, 2.45) is 5.92 Å². The molecule has 1 N–H and O–H groups in total. The van der Waals surface area contributed by atoms with Crippen molar-refractivity contribution in [3.63, 3.8) is 0 Å². The zero-order chi connectivity index (χ0) is 35.1. The summed E-state index contributed by atoms with van der Waals surface area (Å²) in [5.74, 6) is -0.978. The van der Waals surface area contributed by atoms with E-state index in [-0.39, 0.29) is 42.6 Å². The number of aromatic nitrogens is 2. The minimum atomic E-state index is -4.62. The molecule has 0 fully saturated rings. The molecule has 0 aliphatic carbocycles. The van der Waals surface area contributed by atoms with E-state index < -0.39 is 28.6 Å². The summed E-state index contributed by atoms with van der Waals surface area (Å²) in [7, 11) is 0. The number of nitrogens with one attached hydrogen (secondary N) is 1. The van der Waals surface area contributed by atoms with Crippen LogP contribution >= 0.6 is 0 Å². The first-order chi connectivity index (χ1) is 23.4. The SMILES string of the molecule is CC[C@H](C)[C@@H](CN(Cc1cccc2ccccc12)C(=O)c1cccc(C(F)(F)F)c1)NC(=O)Cc1cncn1Cc1ccc([N+](=O)[O-])cc1. The summed E-state index contributed by atoms with van der Waals surface area (Å²) in [5, 5.41) is 16.0. The molecule has 0 saturated carbocycles. The molecule has 254 valence electrons. The van der Waals surface area contributed by atoms with Crippen molar-refractivity contribution in [2.45, 2.75) is 52.0 Å². The first kappa shape index (κ1) is 34.8. The Morgan fingerprint density at radius 2 is 1.71 bits per heavy atom. The fraction of sp³-hybridized carbons (Fsp3) is 0.270. The van der Waals surface area contributed by atoms with Gasteiger partial charge in [-0.15, -0.1) is 0 Å². The van der Waals surface area contributed by atoms with Crippen LogP contribution in [0, 0.1) is 16.0 Å². The van der Waals surface area contributed by atoms with Gasteiger partial charge >= 0.3 is 6.18 Å². The zero-order valence-electron chi connectivity index (χ0n) is 27.1. The van der Waals surface area contributed by atoms with E-state index in [0.29, 0.717) is 18.7 Å². The van der Waals surface area contributed by atoms with Gasteiger partial charge in [0, 0.05) is 55.3 Å². The summed E-state index contributed by atoms with van der Waals surface area (Å²) in [6.45, 7) is 4.43. The van der Waals surface area contributed by atoms with Crippen molar-refractivity contribution in [2.75, 3.05) is 6.54 Å². The second kappa shape index (κ2) is 15.1. The average Bonchev–Trinajstić information content (AvgIpc) is 3.52. The highest BCUT2D eigenvalue weighted by atomic mass is 19.4. The van der Waals surface area contributed by atoms with Gasteiger partial charge in [-0.2, -0.15) is 13.2 Å². The molecule has 4 aromatic carbocycles. The minimum Gasteiger partial charge on any atom is -0.351 e. The Kier molecular flexibility index (Phi) is 10.8. The third kappa shape index (κ3) is 8.69. The number of fused-ring (bicyclic) bond motifs is 1. The van der Waals surface area contributed by atoms with Crippen LogP contribution in [-0.4, -0.2) is 43.8 Å². The lowest BCUT2D eigenvalue weighted by molar-refractivity contribution is -0.384. The standard InChI is InChI=1S/C37H36F3N5O4/c1-3-25(2)34(42-35(46)19-32-20-41-24-44(32)21-26-14-16-31(17-15-26)45(48)49)23-43(22-29-11-6-9-27-8-4-5-13-33(27)29)36(47)28-10-7-12-30(18-28)37(38,39)40/h4-18,20,24-25,34H,3,19,21-23H2,1-2H3,(H,42,46)/t25-,34+/m0/s1. The van der Waals surface area contributed by atoms with Gasteiger partial charge in [-0.25, -0.2) is 4.98 Å². The number of imidazole rings is 1. The molecule has 49 heavy (non-hydrogen) atoms. The molecule has 0 aliphatic rings. The van der Waals surface area contributed by atoms with Gasteiger partial charge in [0.15, 0.2) is 0 Å². The van der Waals surface area contributed by atoms with Crippen LogP contribution in [0.15, 0.2) is 104 Å². The maximum Gasteiger partial charge on any atom is 0.416 e. The Balaban J connectivity index is 1.39. The van der Waals surface area contributed by atoms with Crippen molar-refractivity contribution in [3.05, 3.63) is 142 Å². The maximum atomic E-state index is 14.0. The van der Waals surface area contributed by atoms with Crippen molar-refractivity contribution < 1.29 is 27.7 Å². The van der Waals surface area contributed by atoms with E-state index in [4.69, 9.17) is 0 Å². The smallest absolute Gasteiger partial charge is 0.351 e. The van der Waals surface area contributed by atoms with Gasteiger partial charge in [-0.05, 0) is 46.0 Å². The molecule has 9 nitrogen and oxygen atoms in total. The summed E-state index contributed by atoms with van der Waals surface area (Å²) in [4.78, 5) is 43.8. The summed E-state index contributed by atoms with van der Waals surface area (Å²) in [5.41, 5.74) is 1.19. The van der Waals surface area contributed by atoms with Gasteiger partial charge in [0.1, 0.15) is 0 Å². The third-order valence-electron chi connectivity index (χ3n) is 8.70. The largest absolute Gasteiger partial charge is 0.416 e. The van der Waals surface area contributed by atoms with Gasteiger partial charge in [0.2, 0.25) is 5.91 Å². The summed E-state index contributed by atoms with van der Waals surface area (Å²) in [6.07, 6.45) is -0.814. The van der Waals surface area contributed by atoms with E-state index in [1.54, 1.807) is 29.2 Å². The predicted molar refractivity (Wildman–Crippen MR) is 180 cm³/mol. The Morgan fingerprint density at radius 1 is 1.00 bits per heavy atom. The number of carbonyl (C=O) groups excluding carboxylic acids is 2. The van der Waals surface area contributed by atoms with E-state index in [0.717, 1.165) is 34.0 Å². The number of amides is 2. The Hall–Kier alpha value is -5.52. The van der Waals surface area contributed by atoms with E-state index in [1.165, 1.54) is 29.2 Å². The number of carbonyl (C=O) groups is 2. The highest BCUT2D eigenvalue weighted by Gasteiger charge is 2.32. The highest BCUT2D eigenvalue weighted by Crippen LogP contribution is 2.30. The molecule has 0 saturated heterocycles. The molecule has 0 aliphatic heterocycles. The topological polar surface area (TPSA) is 110 Å². The molecular weight excluding hydrogens is 635 g/mol. The summed E-state index contributed by atoms with van der Waals surface area (Å²) in [6, 6.07) is 23.4. The van der Waals surface area contributed by atoms with Gasteiger partial charge in [-0.3, -0.25) is 19.7 Å². The lowest BCUT2D eigenvalue weighted by atomic mass is 9.97. The number of nitro groups is 1. The first-order valence-electron chi connectivity index (χ1n) is 15.9. The number of hydrogen-bond acceptors (Lipinski definition) is 5. The normalized spacial score (nSPS) is 12.8. The molecular formula is C37H36F3N5O4. The van der Waals surface area contributed by atoms with Crippen LogP contribution < -0.4 is 5.32 Å². The first-order valence-corrected chi connectivity index (χ1v) is 15.9. The van der Waals surface area contributed by atoms with Gasteiger partial charge in [-0.1, -0.05) is 80.9 Å². The quantitative estimate of drug-likeness (QED) is 0.103. The summed E-state index contributed by atoms with van der Waals surface area (Å²) >= 11 is 0. The molecule has 0 unspecified atom stereocenters. The van der Waals surface area contributed by atoms with E-state index in [9.17, 15) is 32.9 Å². The molecule has 2 atom stereocenters. The highest BCUT2D eigenvalue weighted by molar-refractivity contribution is 5.95. The number of non-ortho nitro benzene ring substituents is 1. The lowest BCUT2D eigenvalue weighted by Gasteiger charge is -2.32. The van der Waals surface area contributed by atoms with Crippen LogP contribution in [0.25, 0.3) is 10.8 Å². The zero-order valence-corrected chi connectivity index (χ0v) is 27.1. The number of hydrogen-bond donors (Lipinski definition) is 1. The molecule has 0 radical (unpaired) electrons. The van der Waals surface area contributed by atoms with Crippen LogP contribution in [-0.2, 0) is 30.5 Å². The Labute approximate surface area is 281 Å². The monoisotopic (exact) mass is 671 g/mol. The average molecular weight is 672 g/mol. The van der Waals surface area contributed by atoms with Crippen molar-refractivity contribution in [3.8, 4) is 0 Å². The van der Waals surface area contributed by atoms with Crippen LogP contribution in [0.1, 0.15) is 53.0 Å². The van der Waals surface area contributed by atoms with Gasteiger partial charge in [0.25, 0.3) is 11.6 Å². The Bertz CT molecular complexity index is 1940. The second-order valence-electron chi connectivity index (χ2n) is 12.1. The fourth-order valence-electron chi connectivity index (χ4n) is 5.74. The van der Waals surface area contributed by atoms with Gasteiger partial charge < -0.3 is 14.8 Å². The molecule has 1 aromatic heterocycles. The van der Waals surface area contributed by atoms with E-state index in [1.807, 2.05) is 56.3 Å². The molecule has 12 heteroatoms. The van der Waals surface area contributed by atoms with Crippen LogP contribution in [0.5, 0.6) is 0 Å². The molecule has 2 amide bonds. The number of nitrogens with zero attached hydrogens (tertiary/aromatic N) is 4. The van der Waals surface area contributed by atoms with Crippen molar-refractivity contribution >= 4 is 28.3 Å². The molecule has 1 heterocycles. The lowest BCUT2D eigenvalue weighted by Crippen LogP contribution is -2.49.